The van der Waals surface area contributed by atoms with Crippen LogP contribution in [-0.4, -0.2) is 16.7 Å². The Balaban J connectivity index is 2.33. The third-order valence-corrected chi connectivity index (χ3v) is 3.03. The van der Waals surface area contributed by atoms with E-state index in [1.807, 2.05) is 37.3 Å². The molecular formula is C16H19NO2. The van der Waals surface area contributed by atoms with Crippen molar-refractivity contribution in [1.82, 2.24) is 4.98 Å². The monoisotopic (exact) mass is 257 g/mol. The van der Waals surface area contributed by atoms with E-state index in [0.717, 1.165) is 28.9 Å². The molecule has 0 amide bonds. The maximum absolute atomic E-state index is 10.5. The van der Waals surface area contributed by atoms with E-state index in [0.29, 0.717) is 6.61 Å². The first-order valence-corrected chi connectivity index (χ1v) is 6.54. The van der Waals surface area contributed by atoms with Crippen LogP contribution in [-0.2, 0) is 0 Å². The number of hydrogen-bond donors (Lipinski definition) is 1. The van der Waals surface area contributed by atoms with Crippen LogP contribution in [0.15, 0.2) is 42.7 Å². The van der Waals surface area contributed by atoms with Gasteiger partial charge in [0.05, 0.1) is 6.61 Å². The number of ether oxygens (including phenoxy) is 1. The summed E-state index contributed by atoms with van der Waals surface area (Å²) in [6, 6.07) is 9.46. The Bertz CT molecular complexity index is 540. The summed E-state index contributed by atoms with van der Waals surface area (Å²) in [6.45, 7) is 4.66. The smallest absolute Gasteiger partial charge is 0.125 e. The molecule has 1 unspecified atom stereocenters. The molecule has 0 fully saturated rings. The molecule has 0 aliphatic rings. The maximum atomic E-state index is 10.5. The molecule has 0 aliphatic heterocycles. The minimum atomic E-state index is -0.684. The third-order valence-electron chi connectivity index (χ3n) is 3.03. The molecule has 0 spiro atoms. The van der Waals surface area contributed by atoms with Gasteiger partial charge in [-0.05, 0) is 36.6 Å². The quantitative estimate of drug-likeness (QED) is 0.894. The molecule has 1 N–H and O–H groups in total. The molecule has 19 heavy (non-hydrogen) atoms. The number of rotatable bonds is 5. The summed E-state index contributed by atoms with van der Waals surface area (Å²) >= 11 is 0. The van der Waals surface area contributed by atoms with Crippen molar-refractivity contribution in [2.24, 2.45) is 0 Å². The number of pyridine rings is 1. The largest absolute Gasteiger partial charge is 0.493 e. The summed E-state index contributed by atoms with van der Waals surface area (Å²) < 4.78 is 5.69. The molecule has 2 aromatic rings. The van der Waals surface area contributed by atoms with Crippen LogP contribution in [0.1, 0.15) is 36.1 Å². The van der Waals surface area contributed by atoms with E-state index >= 15 is 0 Å². The number of benzene rings is 1. The fourth-order valence-corrected chi connectivity index (χ4v) is 2.01. The second-order valence-electron chi connectivity index (χ2n) is 4.52. The molecule has 100 valence electrons. The number of aromatic nitrogens is 1. The maximum Gasteiger partial charge on any atom is 0.125 e. The highest BCUT2D eigenvalue weighted by Crippen LogP contribution is 2.31. The van der Waals surface area contributed by atoms with E-state index in [4.69, 9.17) is 4.74 Å². The van der Waals surface area contributed by atoms with Gasteiger partial charge in [-0.3, -0.25) is 4.98 Å². The predicted molar refractivity (Wildman–Crippen MR) is 75.3 cm³/mol. The lowest BCUT2D eigenvalue weighted by Crippen LogP contribution is -2.06. The Labute approximate surface area is 113 Å². The number of aliphatic hydroxyl groups is 1. The van der Waals surface area contributed by atoms with Crippen molar-refractivity contribution in [3.05, 3.63) is 59.4 Å². The molecule has 0 bridgehead atoms. The lowest BCUT2D eigenvalue weighted by atomic mass is 9.98. The Kier molecular flexibility index (Phi) is 4.53. The average Bonchev–Trinajstić information content (AvgIpc) is 2.45. The van der Waals surface area contributed by atoms with Crippen molar-refractivity contribution in [3.63, 3.8) is 0 Å². The molecule has 2 rings (SSSR count). The Morgan fingerprint density at radius 2 is 2.00 bits per heavy atom. The molecule has 3 nitrogen and oxygen atoms in total. The van der Waals surface area contributed by atoms with Gasteiger partial charge in [-0.2, -0.15) is 0 Å². The normalized spacial score (nSPS) is 12.2. The molecule has 1 atom stereocenters. The van der Waals surface area contributed by atoms with E-state index in [1.54, 1.807) is 12.4 Å². The van der Waals surface area contributed by atoms with Gasteiger partial charge in [-0.1, -0.05) is 25.1 Å². The molecule has 0 saturated carbocycles. The first kappa shape index (κ1) is 13.6. The highest BCUT2D eigenvalue weighted by Gasteiger charge is 2.16. The fraction of sp³-hybridized carbons (Fsp3) is 0.312. The highest BCUT2D eigenvalue weighted by molar-refractivity contribution is 5.41. The van der Waals surface area contributed by atoms with Gasteiger partial charge < -0.3 is 9.84 Å². The van der Waals surface area contributed by atoms with Gasteiger partial charge in [0.2, 0.25) is 0 Å². The second kappa shape index (κ2) is 6.34. The summed E-state index contributed by atoms with van der Waals surface area (Å²) in [4.78, 5) is 4.05. The predicted octanol–water partition coefficient (Wildman–Crippen LogP) is 3.26. The van der Waals surface area contributed by atoms with Crippen molar-refractivity contribution < 1.29 is 9.84 Å². The Morgan fingerprint density at radius 1 is 1.21 bits per heavy atom. The molecule has 0 aliphatic carbocycles. The zero-order valence-corrected chi connectivity index (χ0v) is 11.3. The lowest BCUT2D eigenvalue weighted by Gasteiger charge is -2.17. The summed E-state index contributed by atoms with van der Waals surface area (Å²) in [7, 11) is 0. The van der Waals surface area contributed by atoms with Crippen LogP contribution in [0, 0.1) is 6.92 Å². The summed E-state index contributed by atoms with van der Waals surface area (Å²) in [5, 5.41) is 10.5. The van der Waals surface area contributed by atoms with Gasteiger partial charge in [-0.25, -0.2) is 0 Å². The molecule has 1 aromatic heterocycles. The molecule has 0 saturated heterocycles. The van der Waals surface area contributed by atoms with Crippen molar-refractivity contribution in [1.29, 1.82) is 0 Å². The van der Waals surface area contributed by atoms with E-state index in [1.165, 1.54) is 0 Å². The van der Waals surface area contributed by atoms with Gasteiger partial charge in [0, 0.05) is 18.0 Å². The number of nitrogens with zero attached hydrogens (tertiary/aromatic N) is 1. The van der Waals surface area contributed by atoms with Crippen LogP contribution >= 0.6 is 0 Å². The average molecular weight is 257 g/mol. The highest BCUT2D eigenvalue weighted by atomic mass is 16.5. The topological polar surface area (TPSA) is 42.4 Å². The van der Waals surface area contributed by atoms with E-state index < -0.39 is 6.10 Å². The molecule has 3 heteroatoms. The van der Waals surface area contributed by atoms with Crippen LogP contribution in [0.2, 0.25) is 0 Å². The van der Waals surface area contributed by atoms with Crippen molar-refractivity contribution in [2.45, 2.75) is 26.4 Å². The van der Waals surface area contributed by atoms with Gasteiger partial charge in [0.15, 0.2) is 0 Å². The Hall–Kier alpha value is -1.87. The van der Waals surface area contributed by atoms with Crippen molar-refractivity contribution in [3.8, 4) is 5.75 Å². The number of aliphatic hydroxyl groups excluding tert-OH is 1. The van der Waals surface area contributed by atoms with Gasteiger partial charge in [0.25, 0.3) is 0 Å². The molecule has 0 radical (unpaired) electrons. The summed E-state index contributed by atoms with van der Waals surface area (Å²) in [5.74, 6) is 0.744. The molecule has 1 heterocycles. The second-order valence-corrected chi connectivity index (χ2v) is 4.52. The Morgan fingerprint density at radius 3 is 2.74 bits per heavy atom. The fourth-order valence-electron chi connectivity index (χ4n) is 2.01. The van der Waals surface area contributed by atoms with Crippen LogP contribution in [0.4, 0.5) is 0 Å². The summed E-state index contributed by atoms with van der Waals surface area (Å²) in [5.41, 5.74) is 2.63. The van der Waals surface area contributed by atoms with Crippen LogP contribution in [0.3, 0.4) is 0 Å². The zero-order chi connectivity index (χ0) is 13.7. The van der Waals surface area contributed by atoms with Crippen LogP contribution < -0.4 is 4.74 Å². The van der Waals surface area contributed by atoms with E-state index in [-0.39, 0.29) is 0 Å². The van der Waals surface area contributed by atoms with Gasteiger partial charge in [-0.15, -0.1) is 0 Å². The molecular weight excluding hydrogens is 238 g/mol. The first-order valence-electron chi connectivity index (χ1n) is 6.54. The first-order chi connectivity index (χ1) is 9.24. The number of hydrogen-bond acceptors (Lipinski definition) is 3. The van der Waals surface area contributed by atoms with Crippen molar-refractivity contribution in [2.75, 3.05) is 6.61 Å². The SMILES string of the molecule is CCCOc1ccccc1C(O)c1ccncc1C. The zero-order valence-electron chi connectivity index (χ0n) is 11.3. The van der Waals surface area contributed by atoms with E-state index in [9.17, 15) is 5.11 Å². The standard InChI is InChI=1S/C16H19NO2/c1-3-10-19-15-7-5-4-6-14(15)16(18)13-8-9-17-11-12(13)2/h4-9,11,16,18H,3,10H2,1-2H3. The third kappa shape index (κ3) is 3.12. The van der Waals surface area contributed by atoms with Crippen molar-refractivity contribution >= 4 is 0 Å². The van der Waals surface area contributed by atoms with E-state index in [2.05, 4.69) is 11.9 Å². The van der Waals surface area contributed by atoms with Gasteiger partial charge in [0.1, 0.15) is 11.9 Å². The minimum Gasteiger partial charge on any atom is -0.493 e. The minimum absolute atomic E-state index is 0.652. The number of aryl methyl sites for hydroxylation is 1. The number of para-hydroxylation sites is 1. The van der Waals surface area contributed by atoms with Gasteiger partial charge >= 0.3 is 0 Å². The van der Waals surface area contributed by atoms with Crippen LogP contribution in [0.25, 0.3) is 0 Å². The molecule has 1 aromatic carbocycles. The summed E-state index contributed by atoms with van der Waals surface area (Å²) in [6.07, 6.45) is 3.71. The van der Waals surface area contributed by atoms with Crippen LogP contribution in [0.5, 0.6) is 5.75 Å². The lowest BCUT2D eigenvalue weighted by molar-refractivity contribution is 0.210.